The lowest BCUT2D eigenvalue weighted by Crippen LogP contribution is -2.06. The van der Waals surface area contributed by atoms with Crippen molar-refractivity contribution >= 4 is 17.5 Å². The molecule has 0 aliphatic carbocycles. The Kier molecular flexibility index (Phi) is 7.44. The van der Waals surface area contributed by atoms with E-state index in [1.807, 2.05) is 47.9 Å². The molecule has 0 bridgehead atoms. The summed E-state index contributed by atoms with van der Waals surface area (Å²) >= 11 is 1.31. The van der Waals surface area contributed by atoms with E-state index in [4.69, 9.17) is 14.2 Å². The molecule has 174 valence electrons. The molecule has 0 aliphatic heterocycles. The molecule has 0 amide bonds. The highest BCUT2D eigenvalue weighted by molar-refractivity contribution is 7.99. The Bertz CT molecular complexity index is 1260. The van der Waals surface area contributed by atoms with Gasteiger partial charge < -0.3 is 14.2 Å². The third kappa shape index (κ3) is 5.04. The Morgan fingerprint density at radius 1 is 1.00 bits per heavy atom. The van der Waals surface area contributed by atoms with Crippen LogP contribution >= 0.6 is 11.8 Å². The molecule has 34 heavy (non-hydrogen) atoms. The van der Waals surface area contributed by atoms with E-state index < -0.39 is 0 Å². The molecule has 0 saturated carbocycles. The van der Waals surface area contributed by atoms with E-state index in [2.05, 4.69) is 15.2 Å². The first-order valence-corrected chi connectivity index (χ1v) is 11.6. The topological polar surface area (TPSA) is 88.4 Å². The normalized spacial score (nSPS) is 10.7. The summed E-state index contributed by atoms with van der Waals surface area (Å²) in [6, 6.07) is 16.6. The van der Waals surface area contributed by atoms with Crippen molar-refractivity contribution in [2.24, 2.45) is 0 Å². The fourth-order valence-electron chi connectivity index (χ4n) is 3.36. The highest BCUT2D eigenvalue weighted by Gasteiger charge is 2.19. The van der Waals surface area contributed by atoms with Gasteiger partial charge in [-0.05, 0) is 61.5 Å². The molecule has 2 aromatic heterocycles. The second-order valence-corrected chi connectivity index (χ2v) is 8.03. The van der Waals surface area contributed by atoms with Crippen LogP contribution in [-0.2, 0) is 0 Å². The SMILES string of the molecule is CCOc1ccc(-n2c(SCC(=O)c3ccc(OC)c(OC)c3)nnc2-c2cccnc2)cc1. The number of rotatable bonds is 10. The lowest BCUT2D eigenvalue weighted by Gasteiger charge is -2.12. The van der Waals surface area contributed by atoms with Crippen molar-refractivity contribution in [3.63, 3.8) is 0 Å². The summed E-state index contributed by atoms with van der Waals surface area (Å²) in [5, 5.41) is 9.36. The van der Waals surface area contributed by atoms with Crippen molar-refractivity contribution in [3.8, 4) is 34.3 Å². The van der Waals surface area contributed by atoms with Crippen molar-refractivity contribution in [2.75, 3.05) is 26.6 Å². The number of ketones is 1. The molecule has 8 nitrogen and oxygen atoms in total. The Morgan fingerprint density at radius 2 is 1.79 bits per heavy atom. The number of hydrogen-bond acceptors (Lipinski definition) is 8. The number of carbonyl (C=O) groups is 1. The lowest BCUT2D eigenvalue weighted by atomic mass is 10.1. The van der Waals surface area contributed by atoms with Gasteiger partial charge in [-0.1, -0.05) is 11.8 Å². The smallest absolute Gasteiger partial charge is 0.196 e. The molecule has 0 atom stereocenters. The maximum absolute atomic E-state index is 12.9. The van der Waals surface area contributed by atoms with Crippen molar-refractivity contribution in [3.05, 3.63) is 72.6 Å². The zero-order chi connectivity index (χ0) is 23.9. The largest absolute Gasteiger partial charge is 0.494 e. The number of ether oxygens (including phenoxy) is 3. The Balaban J connectivity index is 1.63. The molecular formula is C25H24N4O4S. The average Bonchev–Trinajstić information content (AvgIpc) is 3.32. The minimum atomic E-state index is -0.0601. The van der Waals surface area contributed by atoms with Gasteiger partial charge in [-0.15, -0.1) is 10.2 Å². The molecule has 0 aliphatic rings. The van der Waals surface area contributed by atoms with E-state index in [0.717, 1.165) is 17.0 Å². The first-order chi connectivity index (χ1) is 16.6. The summed E-state index contributed by atoms with van der Waals surface area (Å²) in [6.07, 6.45) is 3.44. The van der Waals surface area contributed by atoms with E-state index >= 15 is 0 Å². The van der Waals surface area contributed by atoms with Gasteiger partial charge in [0, 0.05) is 29.2 Å². The van der Waals surface area contributed by atoms with Gasteiger partial charge in [0.25, 0.3) is 0 Å². The first-order valence-electron chi connectivity index (χ1n) is 10.6. The van der Waals surface area contributed by atoms with Crippen LogP contribution in [0, 0.1) is 0 Å². The maximum Gasteiger partial charge on any atom is 0.196 e. The number of pyridine rings is 1. The van der Waals surface area contributed by atoms with Crippen LogP contribution in [0.1, 0.15) is 17.3 Å². The van der Waals surface area contributed by atoms with Crippen LogP contribution in [0.15, 0.2) is 72.1 Å². The summed E-state index contributed by atoms with van der Waals surface area (Å²) in [4.78, 5) is 17.1. The van der Waals surface area contributed by atoms with Gasteiger partial charge in [-0.2, -0.15) is 0 Å². The highest BCUT2D eigenvalue weighted by atomic mass is 32.2. The van der Waals surface area contributed by atoms with E-state index in [-0.39, 0.29) is 11.5 Å². The summed E-state index contributed by atoms with van der Waals surface area (Å²) in [6.45, 7) is 2.53. The van der Waals surface area contributed by atoms with Crippen LogP contribution < -0.4 is 14.2 Å². The van der Waals surface area contributed by atoms with Gasteiger partial charge in [-0.3, -0.25) is 14.3 Å². The minimum absolute atomic E-state index is 0.0601. The number of nitrogens with zero attached hydrogens (tertiary/aromatic N) is 4. The van der Waals surface area contributed by atoms with Crippen LogP contribution in [0.4, 0.5) is 0 Å². The van der Waals surface area contributed by atoms with E-state index in [1.165, 1.54) is 11.8 Å². The van der Waals surface area contributed by atoms with Gasteiger partial charge in [-0.25, -0.2) is 0 Å². The van der Waals surface area contributed by atoms with Crippen molar-refractivity contribution < 1.29 is 19.0 Å². The average molecular weight is 477 g/mol. The van der Waals surface area contributed by atoms with Crippen molar-refractivity contribution in [1.29, 1.82) is 0 Å². The molecule has 0 radical (unpaired) electrons. The van der Waals surface area contributed by atoms with Gasteiger partial charge in [0.15, 0.2) is 28.3 Å². The predicted octanol–water partition coefficient (Wildman–Crippen LogP) is 4.72. The van der Waals surface area contributed by atoms with Crippen molar-refractivity contribution in [1.82, 2.24) is 19.7 Å². The molecule has 0 fully saturated rings. The standard InChI is InChI=1S/C25H24N4O4S/c1-4-33-20-10-8-19(9-11-20)29-24(18-6-5-13-26-15-18)27-28-25(29)34-16-21(30)17-7-12-22(31-2)23(14-17)32-3/h5-15H,4,16H2,1-3H3. The lowest BCUT2D eigenvalue weighted by molar-refractivity contribution is 0.102. The number of benzene rings is 2. The second kappa shape index (κ2) is 10.8. The molecule has 9 heteroatoms. The first kappa shape index (κ1) is 23.3. The molecule has 4 rings (SSSR count). The monoisotopic (exact) mass is 476 g/mol. The number of Topliss-reactive ketones (excluding diaryl/α,β-unsaturated/α-hetero) is 1. The zero-order valence-corrected chi connectivity index (χ0v) is 19.9. The summed E-state index contributed by atoms with van der Waals surface area (Å²) in [5.41, 5.74) is 2.21. The zero-order valence-electron chi connectivity index (χ0n) is 19.1. The number of aromatic nitrogens is 4. The minimum Gasteiger partial charge on any atom is -0.494 e. The number of thioether (sulfide) groups is 1. The van der Waals surface area contributed by atoms with Gasteiger partial charge in [0.2, 0.25) is 0 Å². The molecule has 0 spiro atoms. The van der Waals surface area contributed by atoms with Gasteiger partial charge >= 0.3 is 0 Å². The third-order valence-corrected chi connectivity index (χ3v) is 5.93. The highest BCUT2D eigenvalue weighted by Crippen LogP contribution is 2.31. The Hall–Kier alpha value is -3.85. The van der Waals surface area contributed by atoms with Crippen molar-refractivity contribution in [2.45, 2.75) is 12.1 Å². The number of carbonyl (C=O) groups excluding carboxylic acids is 1. The van der Waals surface area contributed by atoms with Crippen LogP contribution in [0.25, 0.3) is 17.1 Å². The number of hydrogen-bond donors (Lipinski definition) is 0. The molecule has 2 aromatic carbocycles. The van der Waals surface area contributed by atoms with Gasteiger partial charge in [0.05, 0.1) is 26.6 Å². The van der Waals surface area contributed by atoms with Crippen LogP contribution in [0.5, 0.6) is 17.2 Å². The molecule has 2 heterocycles. The van der Waals surface area contributed by atoms with Crippen LogP contribution in [0.2, 0.25) is 0 Å². The fourth-order valence-corrected chi connectivity index (χ4v) is 4.21. The molecule has 0 unspecified atom stereocenters. The van der Waals surface area contributed by atoms with Gasteiger partial charge in [0.1, 0.15) is 5.75 Å². The second-order valence-electron chi connectivity index (χ2n) is 7.09. The molecule has 4 aromatic rings. The van der Waals surface area contributed by atoms with Crippen LogP contribution in [-0.4, -0.2) is 52.1 Å². The summed E-state index contributed by atoms with van der Waals surface area (Å²) < 4.78 is 18.1. The third-order valence-electron chi connectivity index (χ3n) is 5.00. The van der Waals surface area contributed by atoms with Crippen LogP contribution in [0.3, 0.4) is 0 Å². The summed E-state index contributed by atoms with van der Waals surface area (Å²) in [5.74, 6) is 2.61. The molecule has 0 saturated heterocycles. The summed E-state index contributed by atoms with van der Waals surface area (Å²) in [7, 11) is 3.10. The molecule has 0 N–H and O–H groups in total. The maximum atomic E-state index is 12.9. The number of methoxy groups -OCH3 is 2. The fraction of sp³-hybridized carbons (Fsp3) is 0.200. The predicted molar refractivity (Wildman–Crippen MR) is 130 cm³/mol. The quantitative estimate of drug-likeness (QED) is 0.240. The Labute approximate surface area is 201 Å². The Morgan fingerprint density at radius 3 is 2.47 bits per heavy atom. The molecular weight excluding hydrogens is 452 g/mol. The van der Waals surface area contributed by atoms with E-state index in [9.17, 15) is 4.79 Å². The van der Waals surface area contributed by atoms with E-state index in [0.29, 0.717) is 34.7 Å². The van der Waals surface area contributed by atoms with E-state index in [1.54, 1.807) is 44.8 Å².